The van der Waals surface area contributed by atoms with Gasteiger partial charge in [-0.25, -0.2) is 4.98 Å². The summed E-state index contributed by atoms with van der Waals surface area (Å²) in [5, 5.41) is 9.26. The SMILES string of the molecule is Cc1ccccc1OCc1nc2ccccc2n1CCO. The summed E-state index contributed by atoms with van der Waals surface area (Å²) in [6.45, 7) is 3.01. The number of aryl methyl sites for hydroxylation is 1. The van der Waals surface area contributed by atoms with Gasteiger partial charge in [-0.05, 0) is 30.7 Å². The smallest absolute Gasteiger partial charge is 0.148 e. The first-order valence-corrected chi connectivity index (χ1v) is 7.03. The zero-order valence-corrected chi connectivity index (χ0v) is 12.0. The molecule has 1 aromatic heterocycles. The minimum atomic E-state index is 0.0811. The van der Waals surface area contributed by atoms with Gasteiger partial charge in [-0.1, -0.05) is 30.3 Å². The number of hydrogen-bond acceptors (Lipinski definition) is 3. The minimum Gasteiger partial charge on any atom is -0.485 e. The van der Waals surface area contributed by atoms with E-state index in [1.54, 1.807) is 0 Å². The minimum absolute atomic E-state index is 0.0811. The van der Waals surface area contributed by atoms with E-state index in [-0.39, 0.29) is 6.61 Å². The van der Waals surface area contributed by atoms with Crippen LogP contribution in [0.4, 0.5) is 0 Å². The third-order valence-electron chi connectivity index (χ3n) is 3.51. The lowest BCUT2D eigenvalue weighted by atomic mass is 10.2. The van der Waals surface area contributed by atoms with Crippen molar-refractivity contribution in [2.45, 2.75) is 20.1 Å². The Bertz CT molecular complexity index is 749. The number of aromatic nitrogens is 2. The van der Waals surface area contributed by atoms with Crippen LogP contribution in [0, 0.1) is 6.92 Å². The molecule has 0 amide bonds. The second-order valence-electron chi connectivity index (χ2n) is 4.95. The molecule has 0 aliphatic rings. The van der Waals surface area contributed by atoms with Crippen molar-refractivity contribution >= 4 is 11.0 Å². The van der Waals surface area contributed by atoms with Crippen LogP contribution in [0.5, 0.6) is 5.75 Å². The molecule has 0 saturated heterocycles. The van der Waals surface area contributed by atoms with E-state index < -0.39 is 0 Å². The second-order valence-corrected chi connectivity index (χ2v) is 4.95. The number of benzene rings is 2. The van der Waals surface area contributed by atoms with Crippen LogP contribution in [0.3, 0.4) is 0 Å². The predicted molar refractivity (Wildman–Crippen MR) is 82.3 cm³/mol. The van der Waals surface area contributed by atoms with E-state index >= 15 is 0 Å². The number of hydrogen-bond donors (Lipinski definition) is 1. The molecule has 0 spiro atoms. The topological polar surface area (TPSA) is 47.3 Å². The summed E-state index contributed by atoms with van der Waals surface area (Å²) in [6.07, 6.45) is 0. The second kappa shape index (κ2) is 5.97. The number of aliphatic hydroxyl groups excluding tert-OH is 1. The summed E-state index contributed by atoms with van der Waals surface area (Å²) in [6, 6.07) is 15.8. The fourth-order valence-corrected chi connectivity index (χ4v) is 2.45. The van der Waals surface area contributed by atoms with Crippen LogP contribution in [0.25, 0.3) is 11.0 Å². The van der Waals surface area contributed by atoms with Crippen molar-refractivity contribution in [3.05, 3.63) is 59.9 Å². The van der Waals surface area contributed by atoms with Crippen molar-refractivity contribution in [3.63, 3.8) is 0 Å². The molecule has 0 aliphatic heterocycles. The molecule has 0 unspecified atom stereocenters. The van der Waals surface area contributed by atoms with Crippen molar-refractivity contribution in [1.29, 1.82) is 0 Å². The third kappa shape index (κ3) is 2.76. The van der Waals surface area contributed by atoms with E-state index in [1.165, 1.54) is 0 Å². The van der Waals surface area contributed by atoms with Gasteiger partial charge in [0.05, 0.1) is 17.6 Å². The Balaban J connectivity index is 1.89. The number of rotatable bonds is 5. The van der Waals surface area contributed by atoms with Gasteiger partial charge in [0.1, 0.15) is 18.2 Å². The van der Waals surface area contributed by atoms with Gasteiger partial charge in [0.15, 0.2) is 0 Å². The van der Waals surface area contributed by atoms with Gasteiger partial charge >= 0.3 is 0 Å². The number of fused-ring (bicyclic) bond motifs is 1. The van der Waals surface area contributed by atoms with E-state index in [4.69, 9.17) is 4.74 Å². The first-order valence-electron chi connectivity index (χ1n) is 7.03. The molecule has 4 heteroatoms. The van der Waals surface area contributed by atoms with Crippen LogP contribution >= 0.6 is 0 Å². The molecular formula is C17H18N2O2. The molecule has 3 aromatic rings. The Morgan fingerprint density at radius 3 is 2.67 bits per heavy atom. The summed E-state index contributed by atoms with van der Waals surface area (Å²) in [4.78, 5) is 4.60. The third-order valence-corrected chi connectivity index (χ3v) is 3.51. The summed E-state index contributed by atoms with van der Waals surface area (Å²) < 4.78 is 7.88. The monoisotopic (exact) mass is 282 g/mol. The Kier molecular flexibility index (Phi) is 3.88. The maximum Gasteiger partial charge on any atom is 0.148 e. The van der Waals surface area contributed by atoms with Crippen LogP contribution in [0.2, 0.25) is 0 Å². The Morgan fingerprint density at radius 1 is 1.10 bits per heavy atom. The fourth-order valence-electron chi connectivity index (χ4n) is 2.45. The highest BCUT2D eigenvalue weighted by atomic mass is 16.5. The van der Waals surface area contributed by atoms with Gasteiger partial charge in [-0.15, -0.1) is 0 Å². The maximum absolute atomic E-state index is 9.26. The molecule has 0 bridgehead atoms. The zero-order chi connectivity index (χ0) is 14.7. The highest BCUT2D eigenvalue weighted by Crippen LogP contribution is 2.20. The van der Waals surface area contributed by atoms with E-state index in [9.17, 15) is 5.11 Å². The van der Waals surface area contributed by atoms with Crippen molar-refractivity contribution in [2.24, 2.45) is 0 Å². The summed E-state index contributed by atoms with van der Waals surface area (Å²) in [5.74, 6) is 1.69. The molecule has 0 fully saturated rings. The average molecular weight is 282 g/mol. The standard InChI is InChI=1S/C17H18N2O2/c1-13-6-2-5-9-16(13)21-12-17-18-14-7-3-4-8-15(14)19(17)10-11-20/h2-9,20H,10-12H2,1H3. The first kappa shape index (κ1) is 13.6. The fraction of sp³-hybridized carbons (Fsp3) is 0.235. The average Bonchev–Trinajstić information content (AvgIpc) is 2.85. The first-order chi connectivity index (χ1) is 10.3. The normalized spacial score (nSPS) is 11.0. The predicted octanol–water partition coefficient (Wildman–Crippen LogP) is 2.92. The molecule has 0 saturated carbocycles. The molecule has 1 N–H and O–H groups in total. The Morgan fingerprint density at radius 2 is 1.86 bits per heavy atom. The van der Waals surface area contributed by atoms with E-state index in [1.807, 2.05) is 60.0 Å². The van der Waals surface area contributed by atoms with Gasteiger partial charge in [-0.2, -0.15) is 0 Å². The zero-order valence-electron chi connectivity index (χ0n) is 12.0. The van der Waals surface area contributed by atoms with Crippen LogP contribution in [-0.4, -0.2) is 21.3 Å². The van der Waals surface area contributed by atoms with Gasteiger partial charge in [-0.3, -0.25) is 0 Å². The lowest BCUT2D eigenvalue weighted by Crippen LogP contribution is -2.10. The number of imidazole rings is 1. The Hall–Kier alpha value is -2.33. The number of para-hydroxylation sites is 3. The van der Waals surface area contributed by atoms with Crippen LogP contribution in [-0.2, 0) is 13.2 Å². The highest BCUT2D eigenvalue weighted by Gasteiger charge is 2.10. The maximum atomic E-state index is 9.26. The molecule has 0 radical (unpaired) electrons. The largest absolute Gasteiger partial charge is 0.485 e. The molecular weight excluding hydrogens is 264 g/mol. The lowest BCUT2D eigenvalue weighted by Gasteiger charge is -2.10. The van der Waals surface area contributed by atoms with Crippen LogP contribution < -0.4 is 4.74 Å². The quantitative estimate of drug-likeness (QED) is 0.782. The molecule has 21 heavy (non-hydrogen) atoms. The summed E-state index contributed by atoms with van der Waals surface area (Å²) in [5.41, 5.74) is 3.05. The van der Waals surface area contributed by atoms with Gasteiger partial charge in [0.2, 0.25) is 0 Å². The molecule has 3 rings (SSSR count). The van der Waals surface area contributed by atoms with Crippen molar-refractivity contribution in [3.8, 4) is 5.75 Å². The Labute approximate surface area is 123 Å². The van der Waals surface area contributed by atoms with Crippen LogP contribution in [0.1, 0.15) is 11.4 Å². The van der Waals surface area contributed by atoms with Crippen molar-refractivity contribution in [1.82, 2.24) is 9.55 Å². The lowest BCUT2D eigenvalue weighted by molar-refractivity contribution is 0.260. The summed E-state index contributed by atoms with van der Waals surface area (Å²) >= 11 is 0. The van der Waals surface area contributed by atoms with E-state index in [0.717, 1.165) is 28.2 Å². The molecule has 0 aliphatic carbocycles. The molecule has 0 atom stereocenters. The number of ether oxygens (including phenoxy) is 1. The number of aliphatic hydroxyl groups is 1. The van der Waals surface area contributed by atoms with Gasteiger partial charge in [0.25, 0.3) is 0 Å². The number of nitrogens with zero attached hydrogens (tertiary/aromatic N) is 2. The molecule has 4 nitrogen and oxygen atoms in total. The van der Waals surface area contributed by atoms with Crippen molar-refractivity contribution < 1.29 is 9.84 Å². The van der Waals surface area contributed by atoms with E-state index in [2.05, 4.69) is 4.98 Å². The van der Waals surface area contributed by atoms with E-state index in [0.29, 0.717) is 13.2 Å². The van der Waals surface area contributed by atoms with Crippen molar-refractivity contribution in [2.75, 3.05) is 6.61 Å². The molecule has 2 aromatic carbocycles. The molecule has 108 valence electrons. The molecule has 1 heterocycles. The van der Waals surface area contributed by atoms with Gasteiger partial charge in [0, 0.05) is 6.54 Å². The summed E-state index contributed by atoms with van der Waals surface area (Å²) in [7, 11) is 0. The highest BCUT2D eigenvalue weighted by molar-refractivity contribution is 5.75. The van der Waals surface area contributed by atoms with Gasteiger partial charge < -0.3 is 14.4 Å². The van der Waals surface area contributed by atoms with Crippen LogP contribution in [0.15, 0.2) is 48.5 Å².